The molecule has 0 fully saturated rings. The molecule has 0 atom stereocenters. The molecular weight excluding hydrogens is 384 g/mol. The smallest absolute Gasteiger partial charge is 0.263 e. The Morgan fingerprint density at radius 2 is 1.79 bits per heavy atom. The van der Waals surface area contributed by atoms with E-state index in [1.807, 2.05) is 57.2 Å². The molecule has 4 aromatic rings. The van der Waals surface area contributed by atoms with Gasteiger partial charge in [-0.2, -0.15) is 0 Å². The van der Waals surface area contributed by atoms with Crippen LogP contribution in [0.5, 0.6) is 0 Å². The maximum absolute atomic E-state index is 12.6. The quantitative estimate of drug-likeness (QED) is 0.549. The average molecular weight is 404 g/mol. The highest BCUT2D eigenvalue weighted by atomic mass is 32.1. The molecule has 0 aliphatic heterocycles. The number of rotatable bonds is 5. The number of hydrogen-bond donors (Lipinski definition) is 1. The zero-order chi connectivity index (χ0) is 20.4. The van der Waals surface area contributed by atoms with Crippen LogP contribution in [0, 0.1) is 20.8 Å². The van der Waals surface area contributed by atoms with Crippen molar-refractivity contribution in [3.63, 3.8) is 0 Å². The Bertz CT molecular complexity index is 1150. The van der Waals surface area contributed by atoms with Crippen LogP contribution in [0.4, 0.5) is 0 Å². The van der Waals surface area contributed by atoms with Gasteiger partial charge in [-0.1, -0.05) is 22.9 Å². The predicted molar refractivity (Wildman–Crippen MR) is 112 cm³/mol. The summed E-state index contributed by atoms with van der Waals surface area (Å²) < 4.78 is 1.79. The topological polar surface area (TPSA) is 85.6 Å². The van der Waals surface area contributed by atoms with Gasteiger partial charge in [0.2, 0.25) is 0 Å². The fourth-order valence-electron chi connectivity index (χ4n) is 2.93. The van der Waals surface area contributed by atoms with Crippen LogP contribution in [-0.2, 0) is 6.54 Å². The van der Waals surface area contributed by atoms with Crippen LogP contribution >= 0.6 is 11.3 Å². The molecule has 0 aliphatic carbocycles. The summed E-state index contributed by atoms with van der Waals surface area (Å²) in [5.74, 6) is -0.147. The van der Waals surface area contributed by atoms with E-state index >= 15 is 0 Å². The number of aryl methyl sites for hydroxylation is 2. The van der Waals surface area contributed by atoms with Crippen molar-refractivity contribution < 1.29 is 4.79 Å². The second-order valence-corrected chi connectivity index (χ2v) is 7.74. The van der Waals surface area contributed by atoms with E-state index in [-0.39, 0.29) is 5.91 Å². The van der Waals surface area contributed by atoms with Crippen LogP contribution in [0.3, 0.4) is 0 Å². The zero-order valence-corrected chi connectivity index (χ0v) is 17.2. The van der Waals surface area contributed by atoms with E-state index in [1.54, 1.807) is 17.1 Å². The summed E-state index contributed by atoms with van der Waals surface area (Å²) in [6.45, 7) is 6.27. The fourth-order valence-corrected chi connectivity index (χ4v) is 3.95. The van der Waals surface area contributed by atoms with Gasteiger partial charge in [0, 0.05) is 18.9 Å². The summed E-state index contributed by atoms with van der Waals surface area (Å²) >= 11 is 1.33. The van der Waals surface area contributed by atoms with Gasteiger partial charge in [0.15, 0.2) is 0 Å². The molecule has 146 valence electrons. The normalized spacial score (nSPS) is 10.9. The largest absolute Gasteiger partial charge is 0.347 e. The van der Waals surface area contributed by atoms with E-state index < -0.39 is 0 Å². The minimum atomic E-state index is -0.147. The van der Waals surface area contributed by atoms with Gasteiger partial charge in [-0.25, -0.2) is 9.67 Å². The molecule has 0 spiro atoms. The Morgan fingerprint density at radius 3 is 2.52 bits per heavy atom. The average Bonchev–Trinajstić information content (AvgIpc) is 3.30. The number of benzene rings is 1. The van der Waals surface area contributed by atoms with Crippen molar-refractivity contribution >= 4 is 17.2 Å². The van der Waals surface area contributed by atoms with Crippen molar-refractivity contribution in [3.8, 4) is 16.4 Å². The number of carbonyl (C=O) groups is 1. The Labute approximate surface area is 172 Å². The fraction of sp³-hybridized carbons (Fsp3) is 0.190. The zero-order valence-electron chi connectivity index (χ0n) is 16.4. The SMILES string of the molecule is Cc1ccc(-n2nnc(-c3nc(C)c(C(=O)NCc4ccncc4)s3)c2C)cc1. The molecule has 4 rings (SSSR count). The lowest BCUT2D eigenvalue weighted by molar-refractivity contribution is 0.0954. The molecular formula is C21H20N6OS. The molecule has 0 radical (unpaired) electrons. The van der Waals surface area contributed by atoms with Crippen LogP contribution < -0.4 is 5.32 Å². The second kappa shape index (κ2) is 7.92. The van der Waals surface area contributed by atoms with Gasteiger partial charge in [0.1, 0.15) is 15.6 Å². The highest BCUT2D eigenvalue weighted by Crippen LogP contribution is 2.29. The molecule has 0 aliphatic rings. The van der Waals surface area contributed by atoms with E-state index in [0.29, 0.717) is 27.8 Å². The van der Waals surface area contributed by atoms with Crippen LogP contribution in [-0.4, -0.2) is 30.9 Å². The minimum Gasteiger partial charge on any atom is -0.347 e. The van der Waals surface area contributed by atoms with Gasteiger partial charge < -0.3 is 5.32 Å². The van der Waals surface area contributed by atoms with Gasteiger partial charge in [0.05, 0.1) is 17.1 Å². The van der Waals surface area contributed by atoms with Crippen molar-refractivity contribution in [3.05, 3.63) is 76.2 Å². The van der Waals surface area contributed by atoms with Crippen molar-refractivity contribution in [2.24, 2.45) is 0 Å². The molecule has 8 heteroatoms. The molecule has 0 bridgehead atoms. The number of aromatic nitrogens is 5. The Hall–Kier alpha value is -3.39. The first-order chi connectivity index (χ1) is 14.0. The van der Waals surface area contributed by atoms with Crippen LogP contribution in [0.1, 0.15) is 32.2 Å². The minimum absolute atomic E-state index is 0.147. The molecule has 7 nitrogen and oxygen atoms in total. The van der Waals surface area contributed by atoms with Gasteiger partial charge in [0.25, 0.3) is 5.91 Å². The van der Waals surface area contributed by atoms with Crippen molar-refractivity contribution in [1.29, 1.82) is 0 Å². The lowest BCUT2D eigenvalue weighted by atomic mass is 10.2. The summed E-state index contributed by atoms with van der Waals surface area (Å²) in [5.41, 5.74) is 5.37. The standard InChI is InChI=1S/C21H20N6OS/c1-13-4-6-17(7-5-13)27-15(3)18(25-26-27)21-24-14(2)19(29-21)20(28)23-12-16-8-10-22-11-9-16/h4-11H,12H2,1-3H3,(H,23,28). The van der Waals surface area contributed by atoms with E-state index in [9.17, 15) is 4.79 Å². The van der Waals surface area contributed by atoms with Gasteiger partial charge in [-0.3, -0.25) is 9.78 Å². The molecule has 3 heterocycles. The molecule has 1 N–H and O–H groups in total. The highest BCUT2D eigenvalue weighted by molar-refractivity contribution is 7.17. The molecule has 0 saturated heterocycles. The highest BCUT2D eigenvalue weighted by Gasteiger charge is 2.20. The number of nitrogens with one attached hydrogen (secondary N) is 1. The second-order valence-electron chi connectivity index (χ2n) is 6.74. The van der Waals surface area contributed by atoms with Gasteiger partial charge in [-0.15, -0.1) is 16.4 Å². The first-order valence-corrected chi connectivity index (χ1v) is 9.99. The summed E-state index contributed by atoms with van der Waals surface area (Å²) in [4.78, 5) is 21.8. The monoisotopic (exact) mass is 404 g/mol. The number of amides is 1. The lowest BCUT2D eigenvalue weighted by Gasteiger charge is -2.03. The molecule has 0 saturated carbocycles. The third-order valence-corrected chi connectivity index (χ3v) is 5.74. The van der Waals surface area contributed by atoms with Crippen LogP contribution in [0.15, 0.2) is 48.8 Å². The maximum atomic E-state index is 12.6. The van der Waals surface area contributed by atoms with Crippen molar-refractivity contribution in [1.82, 2.24) is 30.3 Å². The third kappa shape index (κ3) is 3.93. The summed E-state index contributed by atoms with van der Waals surface area (Å²) in [5, 5.41) is 12.2. The number of thiazole rings is 1. The third-order valence-electron chi connectivity index (χ3n) is 4.58. The van der Waals surface area contributed by atoms with E-state index in [4.69, 9.17) is 0 Å². The number of nitrogens with zero attached hydrogens (tertiary/aromatic N) is 5. The Morgan fingerprint density at radius 1 is 1.07 bits per heavy atom. The first kappa shape index (κ1) is 18.9. The summed E-state index contributed by atoms with van der Waals surface area (Å²) in [6.07, 6.45) is 3.41. The summed E-state index contributed by atoms with van der Waals surface area (Å²) in [6, 6.07) is 11.8. The molecule has 1 amide bonds. The summed E-state index contributed by atoms with van der Waals surface area (Å²) in [7, 11) is 0. The predicted octanol–water partition coefficient (Wildman–Crippen LogP) is 3.64. The Kier molecular flexibility index (Phi) is 5.18. The molecule has 29 heavy (non-hydrogen) atoms. The van der Waals surface area contributed by atoms with E-state index in [1.165, 1.54) is 16.9 Å². The molecule has 3 aromatic heterocycles. The number of hydrogen-bond acceptors (Lipinski definition) is 6. The van der Waals surface area contributed by atoms with Gasteiger partial charge >= 0.3 is 0 Å². The van der Waals surface area contributed by atoms with Crippen LogP contribution in [0.25, 0.3) is 16.4 Å². The number of pyridine rings is 1. The van der Waals surface area contributed by atoms with Crippen LogP contribution in [0.2, 0.25) is 0 Å². The number of carbonyl (C=O) groups excluding carboxylic acids is 1. The van der Waals surface area contributed by atoms with E-state index in [0.717, 1.165) is 16.9 Å². The Balaban J connectivity index is 1.56. The molecule has 0 unspecified atom stereocenters. The lowest BCUT2D eigenvalue weighted by Crippen LogP contribution is -2.22. The molecule has 1 aromatic carbocycles. The van der Waals surface area contributed by atoms with E-state index in [2.05, 4.69) is 25.6 Å². The first-order valence-electron chi connectivity index (χ1n) is 9.17. The van der Waals surface area contributed by atoms with Gasteiger partial charge in [-0.05, 0) is 50.6 Å². The maximum Gasteiger partial charge on any atom is 0.263 e. The van der Waals surface area contributed by atoms with Crippen molar-refractivity contribution in [2.75, 3.05) is 0 Å². The van der Waals surface area contributed by atoms with Crippen molar-refractivity contribution in [2.45, 2.75) is 27.3 Å².